The van der Waals surface area contributed by atoms with Crippen LogP contribution in [0.4, 0.5) is 22.1 Å². The van der Waals surface area contributed by atoms with Gasteiger partial charge in [-0.2, -0.15) is 0 Å². The van der Waals surface area contributed by atoms with Crippen LogP contribution in [0.1, 0.15) is 18.0 Å². The number of aryl methyl sites for hydroxylation is 2. The van der Waals surface area contributed by atoms with Crippen molar-refractivity contribution in [3.63, 3.8) is 0 Å². The van der Waals surface area contributed by atoms with Gasteiger partial charge in [-0.1, -0.05) is 0 Å². The number of nitrogens with zero attached hydrogens (tertiary/aromatic N) is 6. The molecule has 6 heterocycles. The van der Waals surface area contributed by atoms with E-state index < -0.39 is 0 Å². The standard InChI is InChI=1S/C25H23N7O2/c1-15-11-17(5-8-26-15)20-3-4-21-24(29-20)32(19-7-10-31(21)14-19)25(33)30-23-12-18(6-9-27-23)22-13-28-16(2)34-22/h3-6,8-9,11-13,19H,7,10,14H2,1-2H3,(H,27,30,33). The average molecular weight is 454 g/mol. The molecule has 0 radical (unpaired) electrons. The number of carbonyl (C=O) groups excluding carboxylic acids is 1. The van der Waals surface area contributed by atoms with Crippen molar-refractivity contribution in [1.29, 1.82) is 0 Å². The molecular weight excluding hydrogens is 430 g/mol. The molecule has 4 aromatic heterocycles. The monoisotopic (exact) mass is 453 g/mol. The van der Waals surface area contributed by atoms with Gasteiger partial charge < -0.3 is 9.32 Å². The van der Waals surface area contributed by atoms with Gasteiger partial charge in [0.1, 0.15) is 5.82 Å². The average Bonchev–Trinajstić information content (AvgIpc) is 3.46. The van der Waals surface area contributed by atoms with Gasteiger partial charge in [-0.3, -0.25) is 15.2 Å². The van der Waals surface area contributed by atoms with Gasteiger partial charge in [0.05, 0.1) is 23.6 Å². The molecular formula is C25H23N7O2. The molecule has 2 aliphatic heterocycles. The fourth-order valence-electron chi connectivity index (χ4n) is 4.65. The molecule has 2 aliphatic rings. The van der Waals surface area contributed by atoms with Gasteiger partial charge in [-0.25, -0.2) is 19.7 Å². The van der Waals surface area contributed by atoms with E-state index in [4.69, 9.17) is 9.40 Å². The summed E-state index contributed by atoms with van der Waals surface area (Å²) >= 11 is 0. The van der Waals surface area contributed by atoms with Crippen molar-refractivity contribution in [2.24, 2.45) is 0 Å². The molecule has 1 saturated heterocycles. The normalized spacial score (nSPS) is 16.5. The largest absolute Gasteiger partial charge is 0.441 e. The van der Waals surface area contributed by atoms with E-state index >= 15 is 0 Å². The third-order valence-corrected chi connectivity index (χ3v) is 6.26. The highest BCUT2D eigenvalue weighted by atomic mass is 16.4. The van der Waals surface area contributed by atoms with Crippen LogP contribution in [0.25, 0.3) is 22.6 Å². The molecule has 1 fully saturated rings. The van der Waals surface area contributed by atoms with Gasteiger partial charge in [0.2, 0.25) is 0 Å². The first kappa shape index (κ1) is 20.3. The number of amides is 2. The van der Waals surface area contributed by atoms with Crippen LogP contribution in [0.3, 0.4) is 0 Å². The van der Waals surface area contributed by atoms with Gasteiger partial charge in [0, 0.05) is 49.2 Å². The number of fused-ring (bicyclic) bond motifs is 4. The van der Waals surface area contributed by atoms with Crippen LogP contribution in [-0.4, -0.2) is 45.1 Å². The Morgan fingerprint density at radius 3 is 2.74 bits per heavy atom. The lowest BCUT2D eigenvalue weighted by atomic mass is 10.1. The summed E-state index contributed by atoms with van der Waals surface area (Å²) in [5.74, 6) is 2.32. The Hall–Kier alpha value is -4.27. The van der Waals surface area contributed by atoms with E-state index in [0.717, 1.165) is 47.7 Å². The number of carbonyl (C=O) groups is 1. The fraction of sp³-hybridized carbons (Fsp3) is 0.240. The number of aromatic nitrogens is 4. The van der Waals surface area contributed by atoms with Crippen LogP contribution in [0.5, 0.6) is 0 Å². The number of rotatable bonds is 3. The first-order chi connectivity index (χ1) is 16.5. The lowest BCUT2D eigenvalue weighted by molar-refractivity contribution is 0.254. The molecule has 0 aliphatic carbocycles. The van der Waals surface area contributed by atoms with Gasteiger partial charge in [0.15, 0.2) is 17.5 Å². The summed E-state index contributed by atoms with van der Waals surface area (Å²) in [6, 6.07) is 11.4. The zero-order valence-electron chi connectivity index (χ0n) is 18.9. The Labute approximate surface area is 196 Å². The van der Waals surface area contributed by atoms with Crippen LogP contribution in [0.2, 0.25) is 0 Å². The molecule has 9 nitrogen and oxygen atoms in total. The summed E-state index contributed by atoms with van der Waals surface area (Å²) in [6.45, 7) is 5.44. The Kier molecular flexibility index (Phi) is 4.75. The number of nitrogens with one attached hydrogen (secondary N) is 1. The molecule has 1 atom stereocenters. The summed E-state index contributed by atoms with van der Waals surface area (Å²) in [5.41, 5.74) is 4.47. The maximum atomic E-state index is 13.5. The van der Waals surface area contributed by atoms with Crippen molar-refractivity contribution in [2.45, 2.75) is 26.3 Å². The third-order valence-electron chi connectivity index (χ3n) is 6.26. The summed E-state index contributed by atoms with van der Waals surface area (Å²) in [7, 11) is 0. The predicted molar refractivity (Wildman–Crippen MR) is 129 cm³/mol. The molecule has 0 spiro atoms. The number of anilines is 3. The molecule has 6 rings (SSSR count). The molecule has 4 aromatic rings. The van der Waals surface area contributed by atoms with E-state index in [-0.39, 0.29) is 12.1 Å². The Morgan fingerprint density at radius 1 is 1.06 bits per heavy atom. The molecule has 1 unspecified atom stereocenters. The Bertz CT molecular complexity index is 1400. The minimum Gasteiger partial charge on any atom is -0.441 e. The zero-order valence-corrected chi connectivity index (χ0v) is 18.9. The third kappa shape index (κ3) is 3.55. The first-order valence-corrected chi connectivity index (χ1v) is 11.2. The smallest absolute Gasteiger partial charge is 0.329 e. The summed E-state index contributed by atoms with van der Waals surface area (Å²) in [6.07, 6.45) is 5.97. The highest BCUT2D eigenvalue weighted by molar-refractivity contribution is 6.04. The molecule has 0 saturated carbocycles. The van der Waals surface area contributed by atoms with Crippen LogP contribution in [0, 0.1) is 13.8 Å². The van der Waals surface area contributed by atoms with E-state index in [2.05, 4.69) is 31.2 Å². The van der Waals surface area contributed by atoms with Crippen LogP contribution >= 0.6 is 0 Å². The van der Waals surface area contributed by atoms with Gasteiger partial charge in [-0.15, -0.1) is 0 Å². The van der Waals surface area contributed by atoms with Crippen molar-refractivity contribution < 1.29 is 9.21 Å². The van der Waals surface area contributed by atoms with Crippen LogP contribution in [-0.2, 0) is 0 Å². The van der Waals surface area contributed by atoms with Crippen molar-refractivity contribution in [3.05, 3.63) is 66.6 Å². The van der Waals surface area contributed by atoms with E-state index in [1.54, 1.807) is 36.5 Å². The van der Waals surface area contributed by atoms with Crippen LogP contribution in [0.15, 0.2) is 59.4 Å². The van der Waals surface area contributed by atoms with E-state index in [1.165, 1.54) is 0 Å². The lowest BCUT2D eigenvalue weighted by Crippen LogP contribution is -2.48. The van der Waals surface area contributed by atoms with Crippen molar-refractivity contribution in [2.75, 3.05) is 28.2 Å². The zero-order chi connectivity index (χ0) is 23.2. The fourth-order valence-corrected chi connectivity index (χ4v) is 4.65. The second kappa shape index (κ2) is 7.95. The van der Waals surface area contributed by atoms with Gasteiger partial charge in [-0.05, 0) is 49.7 Å². The minimum absolute atomic E-state index is 0.0505. The lowest BCUT2D eigenvalue weighted by Gasteiger charge is -2.35. The quantitative estimate of drug-likeness (QED) is 0.489. The maximum Gasteiger partial charge on any atom is 0.329 e. The molecule has 34 heavy (non-hydrogen) atoms. The Balaban J connectivity index is 1.33. The molecule has 0 aromatic carbocycles. The predicted octanol–water partition coefficient (Wildman–Crippen LogP) is 4.44. The number of oxazole rings is 1. The second-order valence-electron chi connectivity index (χ2n) is 8.59. The van der Waals surface area contributed by atoms with Gasteiger partial charge in [0.25, 0.3) is 0 Å². The molecule has 170 valence electrons. The summed E-state index contributed by atoms with van der Waals surface area (Å²) < 4.78 is 5.61. The highest BCUT2D eigenvalue weighted by Gasteiger charge is 2.40. The van der Waals surface area contributed by atoms with Crippen LogP contribution < -0.4 is 15.1 Å². The maximum absolute atomic E-state index is 13.5. The topological polar surface area (TPSA) is 100 Å². The molecule has 1 N–H and O–H groups in total. The molecule has 9 heteroatoms. The van der Waals surface area contributed by atoms with E-state index in [0.29, 0.717) is 23.3 Å². The summed E-state index contributed by atoms with van der Waals surface area (Å²) in [4.78, 5) is 35.3. The number of pyridine rings is 3. The first-order valence-electron chi connectivity index (χ1n) is 11.2. The number of urea groups is 1. The SMILES string of the molecule is Cc1cc(-c2ccc3c(n2)N(C(=O)Nc2cc(-c4cnc(C)o4)ccn2)C2CCN3C2)ccn1. The van der Waals surface area contributed by atoms with E-state index in [1.807, 2.05) is 31.2 Å². The minimum atomic E-state index is -0.248. The van der Waals surface area contributed by atoms with Crippen molar-refractivity contribution in [1.82, 2.24) is 19.9 Å². The Morgan fingerprint density at radius 2 is 1.91 bits per heavy atom. The highest BCUT2D eigenvalue weighted by Crippen LogP contribution is 2.40. The van der Waals surface area contributed by atoms with Crippen molar-refractivity contribution in [3.8, 4) is 22.6 Å². The second-order valence-corrected chi connectivity index (χ2v) is 8.59. The molecule has 2 amide bonds. The number of hydrogen-bond acceptors (Lipinski definition) is 7. The summed E-state index contributed by atoms with van der Waals surface area (Å²) in [5, 5.41) is 2.97. The van der Waals surface area contributed by atoms with Gasteiger partial charge >= 0.3 is 6.03 Å². The van der Waals surface area contributed by atoms with E-state index in [9.17, 15) is 4.79 Å². The van der Waals surface area contributed by atoms with Crippen molar-refractivity contribution >= 4 is 23.4 Å². The number of hydrogen-bond donors (Lipinski definition) is 1. The molecule has 2 bridgehead atoms.